The number of carbonyl (C=O) groups is 2. The van der Waals surface area contributed by atoms with Crippen LogP contribution in [0.4, 0.5) is 0 Å². The van der Waals surface area contributed by atoms with Gasteiger partial charge in [-0.05, 0) is 54.7 Å². The molecule has 2 heterocycles. The molecule has 5 rings (SSSR count). The summed E-state index contributed by atoms with van der Waals surface area (Å²) in [5, 5.41) is 11.5. The van der Waals surface area contributed by atoms with Crippen molar-refractivity contribution >= 4 is 22.8 Å². The van der Waals surface area contributed by atoms with Crippen molar-refractivity contribution in [2.24, 2.45) is 0 Å². The molecular weight excluding hydrogens is 494 g/mol. The van der Waals surface area contributed by atoms with Gasteiger partial charge in [-0.25, -0.2) is 4.68 Å². The zero-order valence-corrected chi connectivity index (χ0v) is 22.0. The van der Waals surface area contributed by atoms with Gasteiger partial charge in [-0.3, -0.25) is 9.59 Å². The molecule has 9 nitrogen and oxygen atoms in total. The van der Waals surface area contributed by atoms with E-state index in [4.69, 9.17) is 9.47 Å². The fraction of sp³-hybridized carbons (Fsp3) is 0.333. The second-order valence-corrected chi connectivity index (χ2v) is 9.61. The Balaban J connectivity index is 1.46. The highest BCUT2D eigenvalue weighted by Crippen LogP contribution is 2.26. The second kappa shape index (κ2) is 12.5. The predicted molar refractivity (Wildman–Crippen MR) is 147 cm³/mol. The lowest BCUT2D eigenvalue weighted by Crippen LogP contribution is -2.47. The van der Waals surface area contributed by atoms with Gasteiger partial charge in [0, 0.05) is 19.7 Å². The zero-order valence-electron chi connectivity index (χ0n) is 22.0. The normalized spacial score (nSPS) is 15.7. The van der Waals surface area contributed by atoms with E-state index in [0.29, 0.717) is 42.9 Å². The standard InChI is InChI=1S/C30H33N5O4/c1-38-24-15-13-23(14-16-24)29(30(37)31-20-25-10-7-19-39-25)34(18-17-22-8-3-2-4-9-22)28(36)21-35-27-12-6-5-11-26(27)32-33-35/h2-6,8-9,11-16,25,29H,7,10,17-21H2,1H3,(H,31,37)/t25-,29+/m0/s1. The van der Waals surface area contributed by atoms with Crippen LogP contribution in [0.2, 0.25) is 0 Å². The minimum absolute atomic E-state index is 0.0135. The smallest absolute Gasteiger partial charge is 0.247 e. The summed E-state index contributed by atoms with van der Waals surface area (Å²) in [6.45, 7) is 1.41. The number of methoxy groups -OCH3 is 1. The molecule has 202 valence electrons. The molecule has 1 aliphatic rings. The quantitative estimate of drug-likeness (QED) is 0.320. The molecule has 3 aromatic carbocycles. The van der Waals surface area contributed by atoms with Gasteiger partial charge in [0.05, 0.1) is 18.7 Å². The first-order chi connectivity index (χ1) is 19.1. The van der Waals surface area contributed by atoms with Gasteiger partial charge in [-0.1, -0.05) is 59.8 Å². The maximum Gasteiger partial charge on any atom is 0.247 e. The number of ether oxygens (including phenoxy) is 2. The molecule has 2 amide bonds. The molecule has 0 unspecified atom stereocenters. The van der Waals surface area contributed by atoms with Gasteiger partial charge >= 0.3 is 0 Å². The van der Waals surface area contributed by atoms with Crippen LogP contribution in [0.3, 0.4) is 0 Å². The van der Waals surface area contributed by atoms with Crippen molar-refractivity contribution in [2.75, 3.05) is 26.8 Å². The summed E-state index contributed by atoms with van der Waals surface area (Å²) in [4.78, 5) is 29.4. The summed E-state index contributed by atoms with van der Waals surface area (Å²) in [7, 11) is 1.60. The summed E-state index contributed by atoms with van der Waals surface area (Å²) >= 11 is 0. The summed E-state index contributed by atoms with van der Waals surface area (Å²) < 4.78 is 12.6. The third-order valence-corrected chi connectivity index (χ3v) is 7.03. The van der Waals surface area contributed by atoms with Crippen LogP contribution in [-0.2, 0) is 27.3 Å². The molecule has 2 atom stereocenters. The number of hydrogen-bond donors (Lipinski definition) is 1. The van der Waals surface area contributed by atoms with Crippen LogP contribution >= 0.6 is 0 Å². The largest absolute Gasteiger partial charge is 0.497 e. The molecular formula is C30H33N5O4. The molecule has 0 aliphatic carbocycles. The number of fused-ring (bicyclic) bond motifs is 1. The molecule has 1 saturated heterocycles. The lowest BCUT2D eigenvalue weighted by Gasteiger charge is -2.32. The number of hydrogen-bond acceptors (Lipinski definition) is 6. The molecule has 0 saturated carbocycles. The molecule has 1 N–H and O–H groups in total. The van der Waals surface area contributed by atoms with Crippen LogP contribution in [0.15, 0.2) is 78.9 Å². The average molecular weight is 528 g/mol. The van der Waals surface area contributed by atoms with E-state index in [0.717, 1.165) is 23.9 Å². The highest BCUT2D eigenvalue weighted by Gasteiger charge is 2.32. The van der Waals surface area contributed by atoms with Gasteiger partial charge in [0.25, 0.3) is 0 Å². The number of aromatic nitrogens is 3. The fourth-order valence-electron chi connectivity index (χ4n) is 4.92. The van der Waals surface area contributed by atoms with E-state index < -0.39 is 6.04 Å². The molecule has 1 aromatic heterocycles. The van der Waals surface area contributed by atoms with E-state index in [1.165, 1.54) is 0 Å². The molecule has 4 aromatic rings. The first-order valence-electron chi connectivity index (χ1n) is 13.3. The summed E-state index contributed by atoms with van der Waals surface area (Å²) in [6.07, 6.45) is 2.47. The number of nitrogens with zero attached hydrogens (tertiary/aromatic N) is 4. The third kappa shape index (κ3) is 6.43. The Bertz CT molecular complexity index is 1380. The van der Waals surface area contributed by atoms with E-state index in [1.54, 1.807) is 28.8 Å². The first-order valence-corrected chi connectivity index (χ1v) is 13.3. The Morgan fingerprint density at radius 1 is 1.08 bits per heavy atom. The van der Waals surface area contributed by atoms with E-state index in [9.17, 15) is 9.59 Å². The van der Waals surface area contributed by atoms with Crippen LogP contribution in [-0.4, -0.2) is 64.6 Å². The molecule has 1 fully saturated rings. The molecule has 39 heavy (non-hydrogen) atoms. The van der Waals surface area contributed by atoms with Crippen LogP contribution in [0, 0.1) is 0 Å². The Labute approximate surface area is 227 Å². The molecule has 0 spiro atoms. The fourth-order valence-corrected chi connectivity index (χ4v) is 4.92. The Morgan fingerprint density at radius 2 is 1.85 bits per heavy atom. The van der Waals surface area contributed by atoms with Crippen molar-refractivity contribution in [3.8, 4) is 5.75 Å². The van der Waals surface area contributed by atoms with E-state index in [1.807, 2.05) is 66.7 Å². The Kier molecular flexibility index (Phi) is 8.48. The lowest BCUT2D eigenvalue weighted by atomic mass is 10.0. The number of nitrogens with one attached hydrogen (secondary N) is 1. The molecule has 1 aliphatic heterocycles. The third-order valence-electron chi connectivity index (χ3n) is 7.03. The van der Waals surface area contributed by atoms with Gasteiger partial charge in [0.1, 0.15) is 23.9 Å². The molecule has 0 bridgehead atoms. The molecule has 9 heteroatoms. The van der Waals surface area contributed by atoms with Gasteiger partial charge in [-0.2, -0.15) is 0 Å². The van der Waals surface area contributed by atoms with Gasteiger partial charge in [0.15, 0.2) is 0 Å². The number of benzene rings is 3. The SMILES string of the molecule is COc1ccc([C@H](C(=O)NC[C@@H]2CCCO2)N(CCc2ccccc2)C(=O)Cn2nnc3ccccc32)cc1. The summed E-state index contributed by atoms with van der Waals surface area (Å²) in [5.41, 5.74) is 3.25. The van der Waals surface area contributed by atoms with Crippen molar-refractivity contribution < 1.29 is 19.1 Å². The Hall–Kier alpha value is -4.24. The van der Waals surface area contributed by atoms with Crippen molar-refractivity contribution in [1.29, 1.82) is 0 Å². The van der Waals surface area contributed by atoms with Crippen LogP contribution in [0.5, 0.6) is 5.75 Å². The summed E-state index contributed by atoms with van der Waals surface area (Å²) in [5.74, 6) is 0.198. The second-order valence-electron chi connectivity index (χ2n) is 9.61. The van der Waals surface area contributed by atoms with Gasteiger partial charge in [0.2, 0.25) is 11.8 Å². The molecule has 0 radical (unpaired) electrons. The van der Waals surface area contributed by atoms with Crippen LogP contribution in [0.25, 0.3) is 11.0 Å². The van der Waals surface area contributed by atoms with Gasteiger partial charge < -0.3 is 19.7 Å². The minimum atomic E-state index is -0.844. The van der Waals surface area contributed by atoms with Crippen molar-refractivity contribution in [1.82, 2.24) is 25.2 Å². The number of amides is 2. The van der Waals surface area contributed by atoms with Gasteiger partial charge in [-0.15, -0.1) is 5.10 Å². The lowest BCUT2D eigenvalue weighted by molar-refractivity contribution is -0.141. The summed E-state index contributed by atoms with van der Waals surface area (Å²) in [6, 6.07) is 23.9. The van der Waals surface area contributed by atoms with E-state index in [-0.39, 0.29) is 24.5 Å². The van der Waals surface area contributed by atoms with E-state index in [2.05, 4.69) is 15.6 Å². The van der Waals surface area contributed by atoms with Crippen molar-refractivity contribution in [3.63, 3.8) is 0 Å². The van der Waals surface area contributed by atoms with Crippen molar-refractivity contribution in [3.05, 3.63) is 90.0 Å². The highest BCUT2D eigenvalue weighted by molar-refractivity contribution is 5.89. The predicted octanol–water partition coefficient (Wildman–Crippen LogP) is 3.55. The minimum Gasteiger partial charge on any atom is -0.497 e. The van der Waals surface area contributed by atoms with Crippen molar-refractivity contribution in [2.45, 2.75) is 38.0 Å². The Morgan fingerprint density at radius 3 is 2.59 bits per heavy atom. The maximum atomic E-state index is 14.0. The van der Waals surface area contributed by atoms with Crippen LogP contribution < -0.4 is 10.1 Å². The zero-order chi connectivity index (χ0) is 27.0. The van der Waals surface area contributed by atoms with E-state index >= 15 is 0 Å². The monoisotopic (exact) mass is 527 g/mol. The first kappa shape index (κ1) is 26.4. The maximum absolute atomic E-state index is 14.0. The van der Waals surface area contributed by atoms with Crippen LogP contribution in [0.1, 0.15) is 30.0 Å². The number of carbonyl (C=O) groups excluding carboxylic acids is 2. The highest BCUT2D eigenvalue weighted by atomic mass is 16.5. The number of rotatable bonds is 11. The average Bonchev–Trinajstić information content (AvgIpc) is 3.65. The number of para-hydroxylation sites is 1. The topological polar surface area (TPSA) is 98.6 Å².